The van der Waals surface area contributed by atoms with Gasteiger partial charge < -0.3 is 10.2 Å². The molecular formula is C11H17N3O. The van der Waals surface area contributed by atoms with Crippen LogP contribution in [0.25, 0.3) is 0 Å². The highest BCUT2D eigenvalue weighted by Crippen LogP contribution is 1.92. The Kier molecular flexibility index (Phi) is 4.77. The summed E-state index contributed by atoms with van der Waals surface area (Å²) in [6.45, 7) is 1.28. The van der Waals surface area contributed by atoms with E-state index in [1.54, 1.807) is 6.20 Å². The molecule has 0 saturated carbocycles. The van der Waals surface area contributed by atoms with Crippen molar-refractivity contribution in [1.82, 2.24) is 15.2 Å². The van der Waals surface area contributed by atoms with E-state index in [2.05, 4.69) is 10.3 Å². The molecule has 1 amide bonds. The van der Waals surface area contributed by atoms with E-state index in [9.17, 15) is 4.79 Å². The fourth-order valence-corrected chi connectivity index (χ4v) is 1.11. The molecule has 1 aromatic heterocycles. The highest BCUT2D eigenvalue weighted by molar-refractivity contribution is 5.75. The smallest absolute Gasteiger partial charge is 0.221 e. The topological polar surface area (TPSA) is 45.2 Å². The molecule has 0 saturated heterocycles. The van der Waals surface area contributed by atoms with Gasteiger partial charge in [0.1, 0.15) is 0 Å². The van der Waals surface area contributed by atoms with Crippen LogP contribution in [0.2, 0.25) is 0 Å². The summed E-state index contributed by atoms with van der Waals surface area (Å²) in [6.07, 6.45) is 2.25. The summed E-state index contributed by atoms with van der Waals surface area (Å²) >= 11 is 0. The first-order chi connectivity index (χ1) is 7.18. The molecule has 0 atom stereocenters. The van der Waals surface area contributed by atoms with Gasteiger partial charge in [-0.3, -0.25) is 9.78 Å². The molecule has 0 aliphatic carbocycles. The third-order valence-corrected chi connectivity index (χ3v) is 1.98. The monoisotopic (exact) mass is 207 g/mol. The zero-order valence-electron chi connectivity index (χ0n) is 9.23. The third kappa shape index (κ3) is 5.12. The third-order valence-electron chi connectivity index (χ3n) is 1.98. The van der Waals surface area contributed by atoms with Gasteiger partial charge in [0, 0.05) is 19.2 Å². The summed E-state index contributed by atoms with van der Waals surface area (Å²) in [7, 11) is 3.90. The highest BCUT2D eigenvalue weighted by Gasteiger charge is 2.01. The van der Waals surface area contributed by atoms with Crippen molar-refractivity contribution in [1.29, 1.82) is 0 Å². The van der Waals surface area contributed by atoms with E-state index in [4.69, 9.17) is 0 Å². The quantitative estimate of drug-likeness (QED) is 0.771. The largest absolute Gasteiger partial charge is 0.350 e. The molecule has 82 valence electrons. The molecule has 1 heterocycles. The fraction of sp³-hybridized carbons (Fsp3) is 0.455. The van der Waals surface area contributed by atoms with E-state index in [1.165, 1.54) is 0 Å². The molecule has 0 fully saturated rings. The van der Waals surface area contributed by atoms with Crippen LogP contribution in [0.1, 0.15) is 12.1 Å². The summed E-state index contributed by atoms with van der Waals surface area (Å²) in [4.78, 5) is 17.5. The zero-order valence-corrected chi connectivity index (χ0v) is 9.23. The minimum atomic E-state index is 0.0642. The van der Waals surface area contributed by atoms with Crippen LogP contribution in [0.3, 0.4) is 0 Å². The van der Waals surface area contributed by atoms with Gasteiger partial charge in [0.05, 0.1) is 12.2 Å². The number of rotatable bonds is 5. The lowest BCUT2D eigenvalue weighted by molar-refractivity contribution is -0.121. The molecule has 1 rings (SSSR count). The van der Waals surface area contributed by atoms with Crippen LogP contribution in [0.5, 0.6) is 0 Å². The SMILES string of the molecule is CN(C)CCC(=O)NCc1ccccn1. The lowest BCUT2D eigenvalue weighted by Gasteiger charge is -2.09. The van der Waals surface area contributed by atoms with Crippen LogP contribution >= 0.6 is 0 Å². The van der Waals surface area contributed by atoms with Crippen molar-refractivity contribution in [3.8, 4) is 0 Å². The lowest BCUT2D eigenvalue weighted by Crippen LogP contribution is -2.27. The number of nitrogens with zero attached hydrogens (tertiary/aromatic N) is 2. The first kappa shape index (κ1) is 11.7. The van der Waals surface area contributed by atoms with Gasteiger partial charge in [-0.15, -0.1) is 0 Å². The van der Waals surface area contributed by atoms with Crippen LogP contribution in [0.4, 0.5) is 0 Å². The molecule has 0 radical (unpaired) electrons. The molecule has 1 N–H and O–H groups in total. The maximum absolute atomic E-state index is 11.4. The number of aromatic nitrogens is 1. The molecule has 0 spiro atoms. The molecule has 0 aliphatic rings. The molecular weight excluding hydrogens is 190 g/mol. The van der Waals surface area contributed by atoms with Gasteiger partial charge in [-0.2, -0.15) is 0 Å². The Hall–Kier alpha value is -1.42. The second-order valence-electron chi connectivity index (χ2n) is 3.65. The Bertz CT molecular complexity index is 298. The van der Waals surface area contributed by atoms with Crippen molar-refractivity contribution in [3.05, 3.63) is 30.1 Å². The number of amides is 1. The van der Waals surface area contributed by atoms with Crippen LogP contribution in [0, 0.1) is 0 Å². The van der Waals surface area contributed by atoms with Crippen molar-refractivity contribution in [3.63, 3.8) is 0 Å². The predicted molar refractivity (Wildman–Crippen MR) is 59.3 cm³/mol. The fourth-order valence-electron chi connectivity index (χ4n) is 1.11. The van der Waals surface area contributed by atoms with Gasteiger partial charge in [0.25, 0.3) is 0 Å². The molecule has 4 nitrogen and oxygen atoms in total. The van der Waals surface area contributed by atoms with E-state index < -0.39 is 0 Å². The summed E-state index contributed by atoms with van der Waals surface area (Å²) in [6, 6.07) is 5.66. The van der Waals surface area contributed by atoms with Crippen LogP contribution in [-0.4, -0.2) is 36.4 Å². The summed E-state index contributed by atoms with van der Waals surface area (Å²) < 4.78 is 0. The summed E-state index contributed by atoms with van der Waals surface area (Å²) in [5.74, 6) is 0.0642. The van der Waals surface area contributed by atoms with Gasteiger partial charge in [-0.05, 0) is 26.2 Å². The second-order valence-corrected chi connectivity index (χ2v) is 3.65. The molecule has 0 unspecified atom stereocenters. The van der Waals surface area contributed by atoms with Crippen LogP contribution < -0.4 is 5.32 Å². The Morgan fingerprint density at radius 2 is 2.27 bits per heavy atom. The van der Waals surface area contributed by atoms with Gasteiger partial charge >= 0.3 is 0 Å². The molecule has 0 aliphatic heterocycles. The first-order valence-corrected chi connectivity index (χ1v) is 5.00. The Morgan fingerprint density at radius 1 is 1.47 bits per heavy atom. The van der Waals surface area contributed by atoms with Crippen molar-refractivity contribution >= 4 is 5.91 Å². The van der Waals surface area contributed by atoms with E-state index in [0.717, 1.165) is 12.2 Å². The number of carbonyl (C=O) groups is 1. The molecule has 0 bridgehead atoms. The predicted octanol–water partition coefficient (Wildman–Crippen LogP) is 0.649. The van der Waals surface area contributed by atoms with Crippen molar-refractivity contribution < 1.29 is 4.79 Å². The molecule has 15 heavy (non-hydrogen) atoms. The first-order valence-electron chi connectivity index (χ1n) is 5.00. The maximum Gasteiger partial charge on any atom is 0.221 e. The van der Waals surface area contributed by atoms with Crippen LogP contribution in [0.15, 0.2) is 24.4 Å². The van der Waals surface area contributed by atoms with E-state index in [0.29, 0.717) is 13.0 Å². The number of hydrogen-bond donors (Lipinski definition) is 1. The van der Waals surface area contributed by atoms with Crippen molar-refractivity contribution in [2.75, 3.05) is 20.6 Å². The number of nitrogens with one attached hydrogen (secondary N) is 1. The van der Waals surface area contributed by atoms with Crippen molar-refractivity contribution in [2.24, 2.45) is 0 Å². The zero-order chi connectivity index (χ0) is 11.1. The highest BCUT2D eigenvalue weighted by atomic mass is 16.1. The van der Waals surface area contributed by atoms with Gasteiger partial charge in [-0.25, -0.2) is 0 Å². The Morgan fingerprint density at radius 3 is 2.87 bits per heavy atom. The lowest BCUT2D eigenvalue weighted by atomic mass is 10.3. The molecule has 1 aromatic rings. The van der Waals surface area contributed by atoms with Gasteiger partial charge in [0.2, 0.25) is 5.91 Å². The second kappa shape index (κ2) is 6.14. The summed E-state index contributed by atoms with van der Waals surface area (Å²) in [5.41, 5.74) is 0.885. The Labute approximate surface area is 90.3 Å². The standard InChI is InChI=1S/C11H17N3O/c1-14(2)8-6-11(15)13-9-10-5-3-4-7-12-10/h3-5,7H,6,8-9H2,1-2H3,(H,13,15). The maximum atomic E-state index is 11.4. The average molecular weight is 207 g/mol. The van der Waals surface area contributed by atoms with E-state index in [1.807, 2.05) is 37.2 Å². The number of pyridine rings is 1. The van der Waals surface area contributed by atoms with E-state index in [-0.39, 0.29) is 5.91 Å². The van der Waals surface area contributed by atoms with Crippen LogP contribution in [-0.2, 0) is 11.3 Å². The Balaban J connectivity index is 2.23. The molecule has 0 aromatic carbocycles. The minimum Gasteiger partial charge on any atom is -0.350 e. The minimum absolute atomic E-state index is 0.0642. The summed E-state index contributed by atoms with van der Waals surface area (Å²) in [5, 5.41) is 2.83. The number of carbonyl (C=O) groups excluding carboxylic acids is 1. The normalized spacial score (nSPS) is 10.3. The van der Waals surface area contributed by atoms with E-state index >= 15 is 0 Å². The van der Waals surface area contributed by atoms with Gasteiger partial charge in [0.15, 0.2) is 0 Å². The average Bonchev–Trinajstić information content (AvgIpc) is 2.25. The van der Waals surface area contributed by atoms with Gasteiger partial charge in [-0.1, -0.05) is 6.07 Å². The van der Waals surface area contributed by atoms with Crippen molar-refractivity contribution in [2.45, 2.75) is 13.0 Å². The number of hydrogen-bond acceptors (Lipinski definition) is 3. The molecule has 4 heteroatoms.